The van der Waals surface area contributed by atoms with Gasteiger partial charge in [-0.2, -0.15) is 0 Å². The van der Waals surface area contributed by atoms with Crippen LogP contribution in [0.3, 0.4) is 0 Å². The van der Waals surface area contributed by atoms with E-state index in [-0.39, 0.29) is 5.82 Å². The fraction of sp³-hybridized carbons (Fsp3) is 0.143. The van der Waals surface area contributed by atoms with Crippen LogP contribution >= 0.6 is 15.9 Å². The van der Waals surface area contributed by atoms with Gasteiger partial charge in [0.25, 0.3) is 0 Å². The third-order valence-corrected chi connectivity index (χ3v) is 3.16. The molecule has 0 N–H and O–H groups in total. The van der Waals surface area contributed by atoms with Crippen LogP contribution in [0.1, 0.15) is 11.1 Å². The van der Waals surface area contributed by atoms with Gasteiger partial charge in [0.05, 0.1) is 4.47 Å². The van der Waals surface area contributed by atoms with Crippen LogP contribution in [0.4, 0.5) is 4.39 Å². The van der Waals surface area contributed by atoms with Gasteiger partial charge in [-0.25, -0.2) is 4.39 Å². The summed E-state index contributed by atoms with van der Waals surface area (Å²) in [5.41, 5.74) is 2.31. The maximum atomic E-state index is 12.9. The third kappa shape index (κ3) is 3.07. The van der Waals surface area contributed by atoms with Crippen molar-refractivity contribution in [3.8, 4) is 5.75 Å². The first-order chi connectivity index (χ1) is 8.16. The van der Waals surface area contributed by atoms with Gasteiger partial charge in [0.1, 0.15) is 18.2 Å². The molecule has 2 aromatic carbocycles. The summed E-state index contributed by atoms with van der Waals surface area (Å²) in [5.74, 6) is 0.370. The maximum Gasteiger partial charge on any atom is 0.134 e. The zero-order valence-electron chi connectivity index (χ0n) is 9.41. The third-order valence-electron chi connectivity index (χ3n) is 2.54. The van der Waals surface area contributed by atoms with Gasteiger partial charge in [0.2, 0.25) is 0 Å². The maximum absolute atomic E-state index is 12.9. The van der Waals surface area contributed by atoms with Crippen molar-refractivity contribution in [1.29, 1.82) is 0 Å². The SMILES string of the molecule is Cc1ccccc1COc1ccc(F)cc1Br. The number of hydrogen-bond acceptors (Lipinski definition) is 1. The summed E-state index contributed by atoms with van der Waals surface area (Å²) >= 11 is 3.27. The second kappa shape index (κ2) is 5.32. The highest BCUT2D eigenvalue weighted by Crippen LogP contribution is 2.26. The largest absolute Gasteiger partial charge is 0.488 e. The summed E-state index contributed by atoms with van der Waals surface area (Å²) in [6, 6.07) is 12.4. The first-order valence-electron chi connectivity index (χ1n) is 5.29. The first kappa shape index (κ1) is 12.1. The Kier molecular flexibility index (Phi) is 3.79. The van der Waals surface area contributed by atoms with Crippen LogP contribution in [0.25, 0.3) is 0 Å². The molecule has 17 heavy (non-hydrogen) atoms. The molecule has 0 saturated carbocycles. The van der Waals surface area contributed by atoms with Crippen LogP contribution in [0, 0.1) is 12.7 Å². The standard InChI is InChI=1S/C14H12BrFO/c1-10-4-2-3-5-11(10)9-17-14-7-6-12(16)8-13(14)15/h2-8H,9H2,1H3. The molecule has 0 unspecified atom stereocenters. The second-order valence-electron chi connectivity index (χ2n) is 3.79. The van der Waals surface area contributed by atoms with Gasteiger partial charge < -0.3 is 4.74 Å². The van der Waals surface area contributed by atoms with Gasteiger partial charge in [-0.1, -0.05) is 24.3 Å². The van der Waals surface area contributed by atoms with E-state index in [2.05, 4.69) is 15.9 Å². The lowest BCUT2D eigenvalue weighted by Gasteiger charge is -2.10. The minimum atomic E-state index is -0.278. The minimum absolute atomic E-state index is 0.278. The smallest absolute Gasteiger partial charge is 0.134 e. The molecule has 0 fully saturated rings. The molecule has 0 aromatic heterocycles. The van der Waals surface area contributed by atoms with Crippen LogP contribution in [0.15, 0.2) is 46.9 Å². The summed E-state index contributed by atoms with van der Waals surface area (Å²) in [7, 11) is 0. The molecule has 0 heterocycles. The van der Waals surface area contributed by atoms with Crippen LogP contribution in [-0.2, 0) is 6.61 Å². The lowest BCUT2D eigenvalue weighted by Crippen LogP contribution is -1.98. The van der Waals surface area contributed by atoms with Crippen molar-refractivity contribution in [3.05, 3.63) is 63.9 Å². The minimum Gasteiger partial charge on any atom is -0.488 e. The highest BCUT2D eigenvalue weighted by atomic mass is 79.9. The number of benzene rings is 2. The average Bonchev–Trinajstić information content (AvgIpc) is 2.30. The van der Waals surface area contributed by atoms with Gasteiger partial charge in [-0.05, 0) is 52.2 Å². The fourth-order valence-electron chi connectivity index (χ4n) is 1.52. The number of rotatable bonds is 3. The topological polar surface area (TPSA) is 9.23 Å². The van der Waals surface area contributed by atoms with E-state index in [0.717, 1.165) is 5.56 Å². The Bertz CT molecular complexity index is 525. The van der Waals surface area contributed by atoms with E-state index >= 15 is 0 Å². The first-order valence-corrected chi connectivity index (χ1v) is 6.08. The average molecular weight is 295 g/mol. The summed E-state index contributed by atoms with van der Waals surface area (Å²) in [6.07, 6.45) is 0. The molecule has 0 aliphatic carbocycles. The molecule has 2 rings (SSSR count). The van der Waals surface area contributed by atoms with E-state index in [1.807, 2.05) is 31.2 Å². The van der Waals surface area contributed by atoms with E-state index in [4.69, 9.17) is 4.74 Å². The predicted octanol–water partition coefficient (Wildman–Crippen LogP) is 4.48. The lowest BCUT2D eigenvalue weighted by atomic mass is 10.1. The van der Waals surface area contributed by atoms with Gasteiger partial charge in [-0.3, -0.25) is 0 Å². The fourth-order valence-corrected chi connectivity index (χ4v) is 1.99. The Balaban J connectivity index is 2.10. The Hall–Kier alpha value is -1.35. The van der Waals surface area contributed by atoms with E-state index < -0.39 is 0 Å². The summed E-state index contributed by atoms with van der Waals surface area (Å²) in [5, 5.41) is 0. The van der Waals surface area contributed by atoms with Crippen molar-refractivity contribution >= 4 is 15.9 Å². The summed E-state index contributed by atoms with van der Waals surface area (Å²) < 4.78 is 19.2. The molecule has 0 aliphatic rings. The van der Waals surface area contributed by atoms with Crippen molar-refractivity contribution in [2.45, 2.75) is 13.5 Å². The molecule has 2 aromatic rings. The number of ether oxygens (including phenoxy) is 1. The second-order valence-corrected chi connectivity index (χ2v) is 4.64. The highest BCUT2D eigenvalue weighted by Gasteiger charge is 2.04. The van der Waals surface area contributed by atoms with E-state index in [9.17, 15) is 4.39 Å². The molecule has 3 heteroatoms. The van der Waals surface area contributed by atoms with E-state index in [0.29, 0.717) is 16.8 Å². The molecule has 1 nitrogen and oxygen atoms in total. The molecule has 0 spiro atoms. The van der Waals surface area contributed by atoms with Crippen LogP contribution in [-0.4, -0.2) is 0 Å². The number of aryl methyl sites for hydroxylation is 1. The predicted molar refractivity (Wildman–Crippen MR) is 69.6 cm³/mol. The van der Waals surface area contributed by atoms with Crippen LogP contribution in [0.5, 0.6) is 5.75 Å². The quantitative estimate of drug-likeness (QED) is 0.811. The Labute approximate surface area is 108 Å². The molecule has 88 valence electrons. The van der Waals surface area contributed by atoms with E-state index in [1.54, 1.807) is 6.07 Å². The van der Waals surface area contributed by atoms with Crippen molar-refractivity contribution in [1.82, 2.24) is 0 Å². The van der Waals surface area contributed by atoms with Gasteiger partial charge >= 0.3 is 0 Å². The lowest BCUT2D eigenvalue weighted by molar-refractivity contribution is 0.303. The molecular weight excluding hydrogens is 283 g/mol. The van der Waals surface area contributed by atoms with E-state index in [1.165, 1.54) is 17.7 Å². The normalized spacial score (nSPS) is 10.3. The molecule has 0 amide bonds. The highest BCUT2D eigenvalue weighted by molar-refractivity contribution is 9.10. The Morgan fingerprint density at radius 1 is 1.18 bits per heavy atom. The number of hydrogen-bond donors (Lipinski definition) is 0. The zero-order valence-corrected chi connectivity index (χ0v) is 11.0. The molecule has 0 saturated heterocycles. The molecule has 0 aliphatic heterocycles. The van der Waals surface area contributed by atoms with Crippen molar-refractivity contribution in [2.75, 3.05) is 0 Å². The van der Waals surface area contributed by atoms with Gasteiger partial charge in [0, 0.05) is 0 Å². The molecular formula is C14H12BrFO. The Morgan fingerprint density at radius 3 is 2.65 bits per heavy atom. The van der Waals surface area contributed by atoms with Crippen LogP contribution < -0.4 is 4.74 Å². The number of halogens is 2. The summed E-state index contributed by atoms with van der Waals surface area (Å²) in [4.78, 5) is 0. The van der Waals surface area contributed by atoms with Crippen molar-refractivity contribution in [2.24, 2.45) is 0 Å². The summed E-state index contributed by atoms with van der Waals surface area (Å²) in [6.45, 7) is 2.52. The molecule has 0 bridgehead atoms. The monoisotopic (exact) mass is 294 g/mol. The zero-order chi connectivity index (χ0) is 12.3. The van der Waals surface area contributed by atoms with Crippen LogP contribution in [0.2, 0.25) is 0 Å². The Morgan fingerprint density at radius 2 is 1.94 bits per heavy atom. The molecule has 0 atom stereocenters. The van der Waals surface area contributed by atoms with Crippen molar-refractivity contribution in [3.63, 3.8) is 0 Å². The van der Waals surface area contributed by atoms with Gasteiger partial charge in [-0.15, -0.1) is 0 Å². The van der Waals surface area contributed by atoms with Gasteiger partial charge in [0.15, 0.2) is 0 Å². The molecule has 0 radical (unpaired) electrons. The van der Waals surface area contributed by atoms with Crippen molar-refractivity contribution < 1.29 is 9.13 Å².